The summed E-state index contributed by atoms with van der Waals surface area (Å²) in [7, 11) is 1.71. The molecule has 1 amide bonds. The van der Waals surface area contributed by atoms with Gasteiger partial charge in [0.25, 0.3) is 5.91 Å². The number of likely N-dealkylation sites (tertiary alicyclic amines) is 1. The van der Waals surface area contributed by atoms with Gasteiger partial charge in [0.15, 0.2) is 11.7 Å². The first-order valence-electron chi connectivity index (χ1n) is 9.70. The zero-order valence-electron chi connectivity index (χ0n) is 16.4. The topological polar surface area (TPSA) is 88.3 Å². The summed E-state index contributed by atoms with van der Waals surface area (Å²) >= 11 is 0. The van der Waals surface area contributed by atoms with Gasteiger partial charge in [-0.3, -0.25) is 9.79 Å². The van der Waals surface area contributed by atoms with Crippen LogP contribution in [-0.4, -0.2) is 75.9 Å². The Morgan fingerprint density at radius 3 is 2.81 bits per heavy atom. The third-order valence-electron chi connectivity index (χ3n) is 4.33. The molecular weight excluding hydrogens is 348 g/mol. The van der Waals surface area contributed by atoms with Crippen LogP contribution in [0, 0.1) is 0 Å². The average Bonchev–Trinajstić information content (AvgIpc) is 3.23. The summed E-state index contributed by atoms with van der Waals surface area (Å²) in [5, 5.41) is 6.14. The summed E-state index contributed by atoms with van der Waals surface area (Å²) in [5.41, 5.74) is 0. The van der Waals surface area contributed by atoms with Gasteiger partial charge in [-0.1, -0.05) is 0 Å². The Bertz CT molecular complexity index is 554. The molecule has 0 saturated carbocycles. The monoisotopic (exact) mass is 380 g/mol. The molecule has 0 aromatic carbocycles. The molecule has 8 nitrogen and oxygen atoms in total. The van der Waals surface area contributed by atoms with E-state index in [-0.39, 0.29) is 5.91 Å². The molecule has 2 heterocycles. The Hall–Kier alpha value is -2.06. The molecule has 1 aromatic rings. The zero-order chi connectivity index (χ0) is 19.3. The number of nitrogens with zero attached hydrogens (tertiary/aromatic N) is 2. The van der Waals surface area contributed by atoms with Crippen LogP contribution in [-0.2, 0) is 9.47 Å². The summed E-state index contributed by atoms with van der Waals surface area (Å²) in [6.45, 7) is 7.17. The molecule has 8 heteroatoms. The molecule has 0 aliphatic carbocycles. The lowest BCUT2D eigenvalue weighted by Crippen LogP contribution is -2.47. The first kappa shape index (κ1) is 21.2. The fourth-order valence-corrected chi connectivity index (χ4v) is 2.94. The Kier molecular flexibility index (Phi) is 9.72. The number of nitrogens with one attached hydrogen (secondary N) is 2. The van der Waals surface area contributed by atoms with Gasteiger partial charge in [0.05, 0.1) is 18.9 Å². The van der Waals surface area contributed by atoms with E-state index in [9.17, 15) is 4.79 Å². The van der Waals surface area contributed by atoms with Crippen LogP contribution in [0.1, 0.15) is 36.7 Å². The molecule has 1 aliphatic rings. The minimum Gasteiger partial charge on any atom is -0.459 e. The molecule has 0 atom stereocenters. The maximum absolute atomic E-state index is 11.8. The molecule has 152 valence electrons. The second-order valence-corrected chi connectivity index (χ2v) is 6.37. The van der Waals surface area contributed by atoms with E-state index in [1.54, 1.807) is 19.2 Å². The molecule has 1 aliphatic heterocycles. The fourth-order valence-electron chi connectivity index (χ4n) is 2.94. The van der Waals surface area contributed by atoms with Crippen LogP contribution in [0.3, 0.4) is 0 Å². The molecule has 0 unspecified atom stereocenters. The van der Waals surface area contributed by atoms with E-state index in [1.165, 1.54) is 6.26 Å². The predicted molar refractivity (Wildman–Crippen MR) is 104 cm³/mol. The maximum Gasteiger partial charge on any atom is 0.287 e. The smallest absolute Gasteiger partial charge is 0.287 e. The molecule has 2 N–H and O–H groups in total. The van der Waals surface area contributed by atoms with Gasteiger partial charge >= 0.3 is 0 Å². The number of aliphatic imine (C=N–C) groups is 1. The summed E-state index contributed by atoms with van der Waals surface area (Å²) in [6, 6.07) is 3.34. The Morgan fingerprint density at radius 1 is 1.33 bits per heavy atom. The summed E-state index contributed by atoms with van der Waals surface area (Å²) in [4.78, 5) is 18.7. The number of ether oxygens (including phenoxy) is 2. The van der Waals surface area contributed by atoms with E-state index in [0.29, 0.717) is 25.0 Å². The fraction of sp³-hybridized carbons (Fsp3) is 0.684. The second-order valence-electron chi connectivity index (χ2n) is 6.37. The quantitative estimate of drug-likeness (QED) is 0.363. The number of amides is 1. The first-order valence-corrected chi connectivity index (χ1v) is 9.70. The molecule has 2 rings (SSSR count). The molecule has 1 fully saturated rings. The van der Waals surface area contributed by atoms with Crippen LogP contribution in [0.2, 0.25) is 0 Å². The van der Waals surface area contributed by atoms with E-state index < -0.39 is 0 Å². The van der Waals surface area contributed by atoms with Gasteiger partial charge in [0, 0.05) is 46.5 Å². The van der Waals surface area contributed by atoms with Gasteiger partial charge in [-0.2, -0.15) is 0 Å². The number of methoxy groups -OCH3 is 1. The highest BCUT2D eigenvalue weighted by Crippen LogP contribution is 2.14. The van der Waals surface area contributed by atoms with Gasteiger partial charge in [-0.25, -0.2) is 0 Å². The van der Waals surface area contributed by atoms with Crippen molar-refractivity contribution in [3.8, 4) is 0 Å². The minimum atomic E-state index is -0.216. The van der Waals surface area contributed by atoms with Crippen molar-refractivity contribution in [1.82, 2.24) is 15.5 Å². The Labute approximate surface area is 161 Å². The van der Waals surface area contributed by atoms with Crippen molar-refractivity contribution >= 4 is 11.9 Å². The van der Waals surface area contributed by atoms with Crippen LogP contribution >= 0.6 is 0 Å². The number of guanidine groups is 1. The largest absolute Gasteiger partial charge is 0.459 e. The van der Waals surface area contributed by atoms with Crippen molar-refractivity contribution in [2.45, 2.75) is 32.3 Å². The highest BCUT2D eigenvalue weighted by Gasteiger charge is 2.21. The van der Waals surface area contributed by atoms with Crippen LogP contribution in [0.5, 0.6) is 0 Å². The average molecular weight is 380 g/mol. The minimum absolute atomic E-state index is 0.216. The first-order chi connectivity index (χ1) is 13.2. The van der Waals surface area contributed by atoms with Crippen molar-refractivity contribution in [3.63, 3.8) is 0 Å². The lowest BCUT2D eigenvalue weighted by atomic mass is 10.1. The number of carbonyl (C=O) groups is 1. The standard InChI is InChI=1S/C19H32N4O4/c1-3-20-19(22-10-9-21-18(24)17-6-4-14-27-17)23-11-7-16(8-12-23)26-15-5-13-25-2/h4,6,14,16H,3,5,7-13,15H2,1-2H3,(H,20,22)(H,21,24). The number of rotatable bonds is 10. The zero-order valence-corrected chi connectivity index (χ0v) is 16.4. The van der Waals surface area contributed by atoms with Crippen LogP contribution < -0.4 is 10.6 Å². The van der Waals surface area contributed by atoms with Crippen molar-refractivity contribution in [2.75, 3.05) is 53.0 Å². The van der Waals surface area contributed by atoms with Crippen LogP contribution in [0.15, 0.2) is 27.8 Å². The number of hydrogen-bond acceptors (Lipinski definition) is 5. The van der Waals surface area contributed by atoms with Gasteiger partial charge in [0.2, 0.25) is 0 Å². The predicted octanol–water partition coefficient (Wildman–Crippen LogP) is 1.49. The number of carbonyl (C=O) groups excluding carboxylic acids is 1. The van der Waals surface area contributed by atoms with Crippen LogP contribution in [0.25, 0.3) is 0 Å². The number of piperidine rings is 1. The number of hydrogen-bond donors (Lipinski definition) is 2. The molecule has 27 heavy (non-hydrogen) atoms. The lowest BCUT2D eigenvalue weighted by Gasteiger charge is -2.34. The van der Waals surface area contributed by atoms with Crippen molar-refractivity contribution in [3.05, 3.63) is 24.2 Å². The van der Waals surface area contributed by atoms with E-state index in [4.69, 9.17) is 13.9 Å². The Balaban J connectivity index is 1.71. The third-order valence-corrected chi connectivity index (χ3v) is 4.33. The summed E-state index contributed by atoms with van der Waals surface area (Å²) in [6.07, 6.45) is 4.72. The van der Waals surface area contributed by atoms with E-state index in [0.717, 1.165) is 58.1 Å². The van der Waals surface area contributed by atoms with Gasteiger partial charge in [-0.05, 0) is 38.3 Å². The van der Waals surface area contributed by atoms with Crippen LogP contribution in [0.4, 0.5) is 0 Å². The normalized spacial score (nSPS) is 15.8. The van der Waals surface area contributed by atoms with E-state index in [1.807, 2.05) is 0 Å². The number of furan rings is 1. The van der Waals surface area contributed by atoms with Crippen molar-refractivity contribution < 1.29 is 18.7 Å². The van der Waals surface area contributed by atoms with E-state index in [2.05, 4.69) is 27.4 Å². The molecular formula is C19H32N4O4. The van der Waals surface area contributed by atoms with Gasteiger partial charge < -0.3 is 29.4 Å². The molecule has 0 radical (unpaired) electrons. The molecule has 0 spiro atoms. The van der Waals surface area contributed by atoms with E-state index >= 15 is 0 Å². The highest BCUT2D eigenvalue weighted by atomic mass is 16.5. The highest BCUT2D eigenvalue weighted by molar-refractivity contribution is 5.91. The summed E-state index contributed by atoms with van der Waals surface area (Å²) in [5.74, 6) is 0.993. The van der Waals surface area contributed by atoms with Crippen molar-refractivity contribution in [2.24, 2.45) is 4.99 Å². The molecule has 1 saturated heterocycles. The second kappa shape index (κ2) is 12.3. The summed E-state index contributed by atoms with van der Waals surface area (Å²) < 4.78 is 16.0. The molecule has 1 aromatic heterocycles. The molecule has 0 bridgehead atoms. The van der Waals surface area contributed by atoms with Gasteiger partial charge in [0.1, 0.15) is 0 Å². The SMILES string of the molecule is CCNC(=NCCNC(=O)c1ccco1)N1CCC(OCCCOC)CC1. The van der Waals surface area contributed by atoms with Gasteiger partial charge in [-0.15, -0.1) is 0 Å². The third kappa shape index (κ3) is 7.60. The maximum atomic E-state index is 11.8. The Morgan fingerprint density at radius 2 is 2.15 bits per heavy atom. The van der Waals surface area contributed by atoms with Crippen molar-refractivity contribution in [1.29, 1.82) is 0 Å². The lowest BCUT2D eigenvalue weighted by molar-refractivity contribution is 0.00990.